The molecule has 1 aromatic heterocycles. The molecule has 0 radical (unpaired) electrons. The quantitative estimate of drug-likeness (QED) is 0.433. The average Bonchev–Trinajstić information content (AvgIpc) is 2.46. The molecule has 1 aromatic carbocycles. The van der Waals surface area contributed by atoms with Crippen molar-refractivity contribution in [3.63, 3.8) is 0 Å². The number of hydrogen-bond acceptors (Lipinski definition) is 6. The number of hydrazine groups is 1. The zero-order chi connectivity index (χ0) is 15.4. The van der Waals surface area contributed by atoms with Gasteiger partial charge in [-0.3, -0.25) is 10.2 Å². The summed E-state index contributed by atoms with van der Waals surface area (Å²) in [6.45, 7) is 3.69. The van der Waals surface area contributed by atoms with Crippen molar-refractivity contribution >= 4 is 11.9 Å². The second-order valence-electron chi connectivity index (χ2n) is 4.63. The minimum atomic E-state index is -0.384. The smallest absolute Gasteiger partial charge is 0.271 e. The number of nitrogens with two attached hydrogens (primary N) is 2. The fraction of sp³-hybridized carbons (Fsp3) is 0.214. The predicted molar refractivity (Wildman–Crippen MR) is 79.2 cm³/mol. The zero-order valence-corrected chi connectivity index (χ0v) is 11.9. The fourth-order valence-corrected chi connectivity index (χ4v) is 2.01. The van der Waals surface area contributed by atoms with E-state index in [1.807, 2.05) is 31.4 Å². The van der Waals surface area contributed by atoms with Crippen LogP contribution in [0.15, 0.2) is 24.5 Å². The van der Waals surface area contributed by atoms with E-state index in [4.69, 9.17) is 16.3 Å². The predicted octanol–water partition coefficient (Wildman–Crippen LogP) is 0.711. The summed E-state index contributed by atoms with van der Waals surface area (Å²) >= 11 is 0. The molecule has 1 amide bonds. The topological polar surface area (TPSA) is 116 Å². The standard InChI is InChI=1S/C14H17N5O2/c1-8-3-10(11-5-17-14(15)18-6-11)4-9(2)13(8)21-7-12(20)19-16/h3-6H,7,16H2,1-2H3,(H,19,20)(H2,15,17,18). The lowest BCUT2D eigenvalue weighted by Gasteiger charge is -2.13. The van der Waals surface area contributed by atoms with Crippen LogP contribution in [-0.2, 0) is 4.79 Å². The largest absolute Gasteiger partial charge is 0.483 e. The van der Waals surface area contributed by atoms with E-state index in [1.165, 1.54) is 0 Å². The number of carbonyl (C=O) groups excluding carboxylic acids is 1. The van der Waals surface area contributed by atoms with Crippen LogP contribution in [0.1, 0.15) is 11.1 Å². The average molecular weight is 287 g/mol. The van der Waals surface area contributed by atoms with Gasteiger partial charge in [-0.15, -0.1) is 0 Å². The number of aromatic nitrogens is 2. The van der Waals surface area contributed by atoms with E-state index in [0.717, 1.165) is 22.3 Å². The molecule has 7 nitrogen and oxygen atoms in total. The van der Waals surface area contributed by atoms with E-state index >= 15 is 0 Å². The molecule has 0 saturated carbocycles. The number of nitrogens with zero attached hydrogens (tertiary/aromatic N) is 2. The minimum absolute atomic E-state index is 0.123. The van der Waals surface area contributed by atoms with Crippen molar-refractivity contribution in [2.75, 3.05) is 12.3 Å². The third-order valence-corrected chi connectivity index (χ3v) is 2.97. The molecule has 2 rings (SSSR count). The van der Waals surface area contributed by atoms with Gasteiger partial charge in [0.1, 0.15) is 5.75 Å². The normalized spacial score (nSPS) is 10.2. The molecule has 0 bridgehead atoms. The Kier molecular flexibility index (Phi) is 4.34. The van der Waals surface area contributed by atoms with Gasteiger partial charge in [-0.2, -0.15) is 0 Å². The molecule has 5 N–H and O–H groups in total. The Morgan fingerprint density at radius 1 is 1.19 bits per heavy atom. The first kappa shape index (κ1) is 14.7. The van der Waals surface area contributed by atoms with E-state index in [1.54, 1.807) is 12.4 Å². The van der Waals surface area contributed by atoms with E-state index in [0.29, 0.717) is 5.75 Å². The summed E-state index contributed by atoms with van der Waals surface area (Å²) < 4.78 is 5.49. The molecule has 0 saturated heterocycles. The van der Waals surface area contributed by atoms with Crippen molar-refractivity contribution in [2.45, 2.75) is 13.8 Å². The van der Waals surface area contributed by atoms with Gasteiger partial charge in [-0.25, -0.2) is 15.8 Å². The SMILES string of the molecule is Cc1cc(-c2cnc(N)nc2)cc(C)c1OCC(=O)NN. The van der Waals surface area contributed by atoms with Gasteiger partial charge in [0.2, 0.25) is 5.95 Å². The molecule has 1 heterocycles. The van der Waals surface area contributed by atoms with Gasteiger partial charge >= 0.3 is 0 Å². The van der Waals surface area contributed by atoms with Gasteiger partial charge < -0.3 is 10.5 Å². The molecule has 0 aliphatic rings. The molecule has 21 heavy (non-hydrogen) atoms. The van der Waals surface area contributed by atoms with Gasteiger partial charge in [0.05, 0.1) is 0 Å². The highest BCUT2D eigenvalue weighted by atomic mass is 16.5. The van der Waals surface area contributed by atoms with Crippen LogP contribution in [-0.4, -0.2) is 22.5 Å². The number of hydrogen-bond donors (Lipinski definition) is 3. The van der Waals surface area contributed by atoms with Gasteiger partial charge in [0.15, 0.2) is 6.61 Å². The number of anilines is 1. The van der Waals surface area contributed by atoms with Crippen molar-refractivity contribution < 1.29 is 9.53 Å². The molecule has 0 unspecified atom stereocenters. The highest BCUT2D eigenvalue weighted by Crippen LogP contribution is 2.29. The molecule has 0 atom stereocenters. The van der Waals surface area contributed by atoms with E-state index < -0.39 is 0 Å². The Balaban J connectivity index is 2.28. The highest BCUT2D eigenvalue weighted by molar-refractivity contribution is 5.77. The lowest BCUT2D eigenvalue weighted by Crippen LogP contribution is -2.34. The lowest BCUT2D eigenvalue weighted by molar-refractivity contribution is -0.123. The maximum absolute atomic E-state index is 11.1. The van der Waals surface area contributed by atoms with Crippen molar-refractivity contribution in [1.82, 2.24) is 15.4 Å². The summed E-state index contributed by atoms with van der Waals surface area (Å²) in [4.78, 5) is 19.1. The Labute approximate surface area is 122 Å². The van der Waals surface area contributed by atoms with E-state index in [2.05, 4.69) is 9.97 Å². The van der Waals surface area contributed by atoms with Crippen LogP contribution in [0, 0.1) is 13.8 Å². The van der Waals surface area contributed by atoms with Crippen LogP contribution >= 0.6 is 0 Å². The summed E-state index contributed by atoms with van der Waals surface area (Å²) in [5.41, 5.74) is 11.1. The first-order chi connectivity index (χ1) is 10.0. The van der Waals surface area contributed by atoms with Crippen molar-refractivity contribution in [1.29, 1.82) is 0 Å². The van der Waals surface area contributed by atoms with E-state index in [-0.39, 0.29) is 18.5 Å². The van der Waals surface area contributed by atoms with Crippen LogP contribution < -0.4 is 21.7 Å². The molecule has 2 aromatic rings. The first-order valence-electron chi connectivity index (χ1n) is 6.32. The monoisotopic (exact) mass is 287 g/mol. The van der Waals surface area contributed by atoms with Gasteiger partial charge in [-0.1, -0.05) is 0 Å². The number of benzene rings is 1. The number of aryl methyl sites for hydroxylation is 2. The van der Waals surface area contributed by atoms with Crippen molar-refractivity contribution in [3.8, 4) is 16.9 Å². The summed E-state index contributed by atoms with van der Waals surface area (Å²) in [6, 6.07) is 3.88. The first-order valence-corrected chi connectivity index (χ1v) is 6.32. The molecule has 7 heteroatoms. The summed E-state index contributed by atoms with van der Waals surface area (Å²) in [6.07, 6.45) is 3.33. The van der Waals surface area contributed by atoms with Crippen molar-refractivity contribution in [2.24, 2.45) is 5.84 Å². The fourth-order valence-electron chi connectivity index (χ4n) is 2.01. The summed E-state index contributed by atoms with van der Waals surface area (Å²) in [7, 11) is 0. The van der Waals surface area contributed by atoms with Crippen LogP contribution in [0.25, 0.3) is 11.1 Å². The van der Waals surface area contributed by atoms with Crippen molar-refractivity contribution in [3.05, 3.63) is 35.7 Å². The number of nitrogens with one attached hydrogen (secondary N) is 1. The second-order valence-corrected chi connectivity index (χ2v) is 4.63. The Bertz CT molecular complexity index is 632. The van der Waals surface area contributed by atoms with E-state index in [9.17, 15) is 4.79 Å². The number of nitrogen functional groups attached to an aromatic ring is 1. The number of ether oxygens (including phenoxy) is 1. The van der Waals surface area contributed by atoms with Crippen LogP contribution in [0.4, 0.5) is 5.95 Å². The minimum Gasteiger partial charge on any atom is -0.483 e. The molecular formula is C14H17N5O2. The van der Waals surface area contributed by atoms with Gasteiger partial charge in [0, 0.05) is 18.0 Å². The van der Waals surface area contributed by atoms with Crippen LogP contribution in [0.5, 0.6) is 5.75 Å². The molecule has 0 aliphatic carbocycles. The molecule has 0 fully saturated rings. The van der Waals surface area contributed by atoms with Crippen LogP contribution in [0.2, 0.25) is 0 Å². The third-order valence-electron chi connectivity index (χ3n) is 2.97. The maximum Gasteiger partial charge on any atom is 0.271 e. The highest BCUT2D eigenvalue weighted by Gasteiger charge is 2.10. The maximum atomic E-state index is 11.1. The molecular weight excluding hydrogens is 270 g/mol. The third kappa shape index (κ3) is 3.46. The number of carbonyl (C=O) groups is 1. The summed E-state index contributed by atoms with van der Waals surface area (Å²) in [5.74, 6) is 5.54. The molecule has 0 aliphatic heterocycles. The molecule has 0 spiro atoms. The Morgan fingerprint density at radius 2 is 1.76 bits per heavy atom. The van der Waals surface area contributed by atoms with Gasteiger partial charge in [0.25, 0.3) is 5.91 Å². The summed E-state index contributed by atoms with van der Waals surface area (Å²) in [5, 5.41) is 0. The van der Waals surface area contributed by atoms with Gasteiger partial charge in [-0.05, 0) is 42.7 Å². The number of amides is 1. The van der Waals surface area contributed by atoms with Crippen LogP contribution in [0.3, 0.4) is 0 Å². The zero-order valence-electron chi connectivity index (χ0n) is 11.9. The second kappa shape index (κ2) is 6.19. The molecule has 110 valence electrons. The number of rotatable bonds is 4. The lowest BCUT2D eigenvalue weighted by atomic mass is 10.0. The Hall–Kier alpha value is -2.67. The Morgan fingerprint density at radius 3 is 2.29 bits per heavy atom.